The molecule has 4 heteroatoms. The van der Waals surface area contributed by atoms with Gasteiger partial charge in [0.15, 0.2) is 0 Å². The van der Waals surface area contributed by atoms with Gasteiger partial charge in [-0.2, -0.15) is 0 Å². The summed E-state index contributed by atoms with van der Waals surface area (Å²) in [7, 11) is 1.58. The fraction of sp³-hybridized carbons (Fsp3) is 0.588. The molecule has 0 aromatic heterocycles. The number of nitrogens with one attached hydrogen (secondary N) is 1. The van der Waals surface area contributed by atoms with Crippen LogP contribution in [0.4, 0.5) is 0 Å². The first-order valence-corrected chi connectivity index (χ1v) is 7.53. The number of nitrogens with two attached hydrogens (primary N) is 1. The first-order chi connectivity index (χ1) is 9.95. The minimum Gasteiger partial charge on any atom is -0.380 e. The third kappa shape index (κ3) is 4.83. The van der Waals surface area contributed by atoms with Crippen LogP contribution in [0.1, 0.15) is 39.2 Å². The monoisotopic (exact) mass is 292 g/mol. The highest BCUT2D eigenvalue weighted by Crippen LogP contribution is 2.28. The number of carbonyl (C=O) groups is 1. The molecule has 1 amide bonds. The summed E-state index contributed by atoms with van der Waals surface area (Å²) in [5.74, 6) is -0.0110. The molecule has 2 unspecified atom stereocenters. The Morgan fingerprint density at radius 2 is 1.95 bits per heavy atom. The van der Waals surface area contributed by atoms with Crippen molar-refractivity contribution in [3.05, 3.63) is 35.9 Å². The summed E-state index contributed by atoms with van der Waals surface area (Å²) >= 11 is 0. The van der Waals surface area contributed by atoms with Gasteiger partial charge in [-0.05, 0) is 12.0 Å². The van der Waals surface area contributed by atoms with Gasteiger partial charge in [0.2, 0.25) is 5.91 Å². The van der Waals surface area contributed by atoms with Crippen LogP contribution >= 0.6 is 0 Å². The summed E-state index contributed by atoms with van der Waals surface area (Å²) in [5.41, 5.74) is 6.66. The van der Waals surface area contributed by atoms with Crippen LogP contribution in [0.5, 0.6) is 0 Å². The predicted molar refractivity (Wildman–Crippen MR) is 86.2 cm³/mol. The normalized spacial score (nSPS) is 14.5. The zero-order valence-electron chi connectivity index (χ0n) is 13.6. The van der Waals surface area contributed by atoms with E-state index >= 15 is 0 Å². The zero-order chi connectivity index (χ0) is 15.9. The molecule has 2 atom stereocenters. The summed E-state index contributed by atoms with van der Waals surface area (Å²) in [5, 5.41) is 3.13. The Labute approximate surface area is 128 Å². The van der Waals surface area contributed by atoms with Gasteiger partial charge in [-0.15, -0.1) is 0 Å². The van der Waals surface area contributed by atoms with Gasteiger partial charge >= 0.3 is 0 Å². The quantitative estimate of drug-likeness (QED) is 0.772. The molecule has 21 heavy (non-hydrogen) atoms. The fourth-order valence-corrected chi connectivity index (χ4v) is 2.58. The maximum Gasteiger partial charge on any atom is 0.222 e. The van der Waals surface area contributed by atoms with Gasteiger partial charge in [-0.25, -0.2) is 0 Å². The SMILES string of the molecule is CCC(NC(=O)CC(CN)OC)C(C)(C)c1ccccc1. The van der Waals surface area contributed by atoms with Crippen LogP contribution in [-0.2, 0) is 14.9 Å². The van der Waals surface area contributed by atoms with E-state index in [1.54, 1.807) is 7.11 Å². The van der Waals surface area contributed by atoms with E-state index in [0.29, 0.717) is 13.0 Å². The second-order valence-corrected chi connectivity index (χ2v) is 5.91. The standard InChI is InChI=1S/C17H28N2O2/c1-5-15(19-16(20)11-14(12-18)21-4)17(2,3)13-9-7-6-8-10-13/h6-10,14-15H,5,11-12,18H2,1-4H3,(H,19,20). The third-order valence-electron chi connectivity index (χ3n) is 4.14. The molecule has 118 valence electrons. The molecule has 0 saturated carbocycles. The van der Waals surface area contributed by atoms with E-state index in [0.717, 1.165) is 6.42 Å². The maximum atomic E-state index is 12.2. The summed E-state index contributed by atoms with van der Waals surface area (Å²) < 4.78 is 5.17. The van der Waals surface area contributed by atoms with Crippen LogP contribution < -0.4 is 11.1 Å². The third-order valence-corrected chi connectivity index (χ3v) is 4.14. The van der Waals surface area contributed by atoms with Crippen molar-refractivity contribution in [2.75, 3.05) is 13.7 Å². The van der Waals surface area contributed by atoms with Crippen LogP contribution in [-0.4, -0.2) is 31.7 Å². The van der Waals surface area contributed by atoms with Crippen molar-refractivity contribution in [2.45, 2.75) is 51.2 Å². The van der Waals surface area contributed by atoms with Gasteiger partial charge < -0.3 is 15.8 Å². The summed E-state index contributed by atoms with van der Waals surface area (Å²) in [6.45, 7) is 6.76. The molecule has 0 spiro atoms. The fourth-order valence-electron chi connectivity index (χ4n) is 2.58. The Morgan fingerprint density at radius 3 is 2.43 bits per heavy atom. The van der Waals surface area contributed by atoms with Crippen molar-refractivity contribution in [2.24, 2.45) is 5.73 Å². The number of carbonyl (C=O) groups excluding carboxylic acids is 1. The lowest BCUT2D eigenvalue weighted by Crippen LogP contribution is -2.48. The van der Waals surface area contributed by atoms with Gasteiger partial charge in [0, 0.05) is 25.1 Å². The minimum atomic E-state index is -0.220. The predicted octanol–water partition coefficient (Wildman–Crippen LogP) is 2.22. The van der Waals surface area contributed by atoms with Gasteiger partial charge in [0.05, 0.1) is 12.5 Å². The molecule has 0 bridgehead atoms. The topological polar surface area (TPSA) is 64.4 Å². The molecule has 1 aromatic carbocycles. The van der Waals surface area contributed by atoms with E-state index in [2.05, 4.69) is 38.2 Å². The van der Waals surface area contributed by atoms with E-state index in [-0.39, 0.29) is 23.5 Å². The van der Waals surface area contributed by atoms with Gasteiger partial charge in [0.1, 0.15) is 0 Å². The Hall–Kier alpha value is -1.39. The minimum absolute atomic E-state index is 0.0110. The van der Waals surface area contributed by atoms with Gasteiger partial charge in [0.25, 0.3) is 0 Å². The molecule has 0 saturated heterocycles. The lowest BCUT2D eigenvalue weighted by molar-refractivity contribution is -0.124. The second kappa shape index (κ2) is 8.15. The number of hydrogen-bond donors (Lipinski definition) is 2. The molecule has 0 aliphatic rings. The molecule has 0 radical (unpaired) electrons. The summed E-state index contributed by atoms with van der Waals surface area (Å²) in [6, 6.07) is 10.3. The van der Waals surface area contributed by atoms with E-state index in [9.17, 15) is 4.79 Å². The summed E-state index contributed by atoms with van der Waals surface area (Å²) in [6.07, 6.45) is 0.949. The average Bonchev–Trinajstić information content (AvgIpc) is 2.50. The molecule has 0 aliphatic heterocycles. The molecule has 1 rings (SSSR count). The number of methoxy groups -OCH3 is 1. The molecule has 0 fully saturated rings. The highest BCUT2D eigenvalue weighted by Gasteiger charge is 2.31. The molecule has 3 N–H and O–H groups in total. The Morgan fingerprint density at radius 1 is 1.33 bits per heavy atom. The highest BCUT2D eigenvalue weighted by atomic mass is 16.5. The number of hydrogen-bond acceptors (Lipinski definition) is 3. The Bertz CT molecular complexity index is 428. The van der Waals surface area contributed by atoms with E-state index < -0.39 is 0 Å². The van der Waals surface area contributed by atoms with Crippen LogP contribution in [0.25, 0.3) is 0 Å². The number of ether oxygens (including phenoxy) is 1. The number of amides is 1. The van der Waals surface area contributed by atoms with Crippen LogP contribution in [0.3, 0.4) is 0 Å². The first-order valence-electron chi connectivity index (χ1n) is 7.53. The molecule has 1 aromatic rings. The van der Waals surface area contributed by atoms with E-state index in [4.69, 9.17) is 10.5 Å². The average molecular weight is 292 g/mol. The first kappa shape index (κ1) is 17.7. The van der Waals surface area contributed by atoms with Crippen molar-refractivity contribution >= 4 is 5.91 Å². The summed E-state index contributed by atoms with van der Waals surface area (Å²) in [4.78, 5) is 12.2. The Balaban J connectivity index is 2.76. The second-order valence-electron chi connectivity index (χ2n) is 5.91. The van der Waals surface area contributed by atoms with Crippen molar-refractivity contribution in [3.8, 4) is 0 Å². The highest BCUT2D eigenvalue weighted by molar-refractivity contribution is 5.77. The van der Waals surface area contributed by atoms with E-state index in [1.807, 2.05) is 18.2 Å². The molecular formula is C17H28N2O2. The maximum absolute atomic E-state index is 12.2. The van der Waals surface area contributed by atoms with Crippen molar-refractivity contribution in [1.82, 2.24) is 5.32 Å². The molecular weight excluding hydrogens is 264 g/mol. The van der Waals surface area contributed by atoms with Crippen LogP contribution in [0.2, 0.25) is 0 Å². The smallest absolute Gasteiger partial charge is 0.222 e. The van der Waals surface area contributed by atoms with E-state index in [1.165, 1.54) is 5.56 Å². The lowest BCUT2D eigenvalue weighted by Gasteiger charge is -2.35. The van der Waals surface area contributed by atoms with Crippen molar-refractivity contribution < 1.29 is 9.53 Å². The number of benzene rings is 1. The van der Waals surface area contributed by atoms with Crippen LogP contribution in [0, 0.1) is 0 Å². The van der Waals surface area contributed by atoms with Gasteiger partial charge in [-0.3, -0.25) is 4.79 Å². The zero-order valence-corrected chi connectivity index (χ0v) is 13.6. The van der Waals surface area contributed by atoms with Crippen molar-refractivity contribution in [3.63, 3.8) is 0 Å². The van der Waals surface area contributed by atoms with Gasteiger partial charge in [-0.1, -0.05) is 51.1 Å². The molecule has 0 heterocycles. The molecule has 0 aliphatic carbocycles. The van der Waals surface area contributed by atoms with Crippen LogP contribution in [0.15, 0.2) is 30.3 Å². The Kier molecular flexibility index (Phi) is 6.85. The number of rotatable bonds is 8. The molecule has 4 nitrogen and oxygen atoms in total. The lowest BCUT2D eigenvalue weighted by atomic mass is 9.76. The largest absolute Gasteiger partial charge is 0.380 e. The van der Waals surface area contributed by atoms with Crippen molar-refractivity contribution in [1.29, 1.82) is 0 Å².